The van der Waals surface area contributed by atoms with Gasteiger partial charge in [-0.2, -0.15) is 0 Å². The van der Waals surface area contributed by atoms with Crippen molar-refractivity contribution >= 4 is 17.1 Å². The van der Waals surface area contributed by atoms with Crippen LogP contribution in [-0.2, 0) is 6.42 Å². The number of carbonyl (C=O) groups is 1. The van der Waals surface area contributed by atoms with Gasteiger partial charge in [0.15, 0.2) is 17.3 Å². The topological polar surface area (TPSA) is 39.2 Å². The van der Waals surface area contributed by atoms with E-state index in [9.17, 15) is 9.18 Å². The molecule has 18 heavy (non-hydrogen) atoms. The van der Waals surface area contributed by atoms with Gasteiger partial charge < -0.3 is 4.74 Å². The number of nitrogens with zero attached hydrogens (tertiary/aromatic N) is 1. The number of halogens is 1. The predicted molar refractivity (Wildman–Crippen MR) is 67.8 cm³/mol. The molecule has 2 aromatic rings. The van der Waals surface area contributed by atoms with Crippen molar-refractivity contribution in [3.63, 3.8) is 0 Å². The van der Waals surface area contributed by atoms with Gasteiger partial charge in [-0.25, -0.2) is 9.37 Å². The van der Waals surface area contributed by atoms with Crippen molar-refractivity contribution in [2.45, 2.75) is 13.3 Å². The molecule has 1 aromatic carbocycles. The number of benzene rings is 1. The highest BCUT2D eigenvalue weighted by atomic mass is 32.1. The molecular formula is C13H12FNO2S. The SMILES string of the molecule is COc1ccc(C(=O)Cc2csc(C)n2)cc1F. The van der Waals surface area contributed by atoms with E-state index in [0.29, 0.717) is 5.56 Å². The Hall–Kier alpha value is -1.75. The van der Waals surface area contributed by atoms with E-state index in [0.717, 1.165) is 10.7 Å². The van der Waals surface area contributed by atoms with Gasteiger partial charge in [-0.1, -0.05) is 0 Å². The monoisotopic (exact) mass is 265 g/mol. The fourth-order valence-corrected chi connectivity index (χ4v) is 2.21. The van der Waals surface area contributed by atoms with Gasteiger partial charge in [-0.3, -0.25) is 4.79 Å². The van der Waals surface area contributed by atoms with Crippen LogP contribution in [0.15, 0.2) is 23.6 Å². The third kappa shape index (κ3) is 2.73. The predicted octanol–water partition coefficient (Wildman–Crippen LogP) is 3.02. The number of hydrogen-bond acceptors (Lipinski definition) is 4. The standard InChI is InChI=1S/C13H12FNO2S/c1-8-15-10(7-18-8)6-12(16)9-3-4-13(17-2)11(14)5-9/h3-5,7H,6H2,1-2H3. The van der Waals surface area contributed by atoms with Crippen LogP contribution in [-0.4, -0.2) is 17.9 Å². The summed E-state index contributed by atoms with van der Waals surface area (Å²) in [5.41, 5.74) is 1.05. The Morgan fingerprint density at radius 1 is 1.50 bits per heavy atom. The van der Waals surface area contributed by atoms with Crippen molar-refractivity contribution in [3.05, 3.63) is 45.7 Å². The number of thiazole rings is 1. The second-order valence-electron chi connectivity index (χ2n) is 3.81. The maximum atomic E-state index is 13.5. The van der Waals surface area contributed by atoms with E-state index in [1.165, 1.54) is 30.6 Å². The summed E-state index contributed by atoms with van der Waals surface area (Å²) < 4.78 is 18.3. The Balaban J connectivity index is 2.16. The minimum atomic E-state index is -0.530. The number of ketones is 1. The van der Waals surface area contributed by atoms with E-state index < -0.39 is 5.82 Å². The average molecular weight is 265 g/mol. The highest BCUT2D eigenvalue weighted by Gasteiger charge is 2.12. The van der Waals surface area contributed by atoms with E-state index in [1.807, 2.05) is 12.3 Å². The van der Waals surface area contributed by atoms with Gasteiger partial charge in [0.25, 0.3) is 0 Å². The number of Topliss-reactive ketones (excluding diaryl/α,β-unsaturated/α-hetero) is 1. The molecule has 0 saturated carbocycles. The third-order valence-electron chi connectivity index (χ3n) is 2.48. The molecule has 0 spiro atoms. The maximum absolute atomic E-state index is 13.5. The van der Waals surface area contributed by atoms with E-state index in [-0.39, 0.29) is 18.0 Å². The molecule has 3 nitrogen and oxygen atoms in total. The molecule has 0 bridgehead atoms. The molecular weight excluding hydrogens is 253 g/mol. The molecule has 1 heterocycles. The summed E-state index contributed by atoms with van der Waals surface area (Å²) in [4.78, 5) is 16.1. The number of hydrogen-bond donors (Lipinski definition) is 0. The average Bonchev–Trinajstić information content (AvgIpc) is 2.74. The lowest BCUT2D eigenvalue weighted by atomic mass is 10.1. The van der Waals surface area contributed by atoms with Crippen LogP contribution in [0.3, 0.4) is 0 Å². The van der Waals surface area contributed by atoms with Crippen LogP contribution in [0.5, 0.6) is 5.75 Å². The van der Waals surface area contributed by atoms with Crippen LogP contribution in [0.25, 0.3) is 0 Å². The molecule has 0 aliphatic heterocycles. The minimum Gasteiger partial charge on any atom is -0.494 e. The van der Waals surface area contributed by atoms with Gasteiger partial charge in [-0.15, -0.1) is 11.3 Å². The molecule has 0 aliphatic carbocycles. The zero-order valence-corrected chi connectivity index (χ0v) is 10.9. The first kappa shape index (κ1) is 12.7. The number of aromatic nitrogens is 1. The first-order valence-corrected chi connectivity index (χ1v) is 6.26. The largest absolute Gasteiger partial charge is 0.494 e. The van der Waals surface area contributed by atoms with Crippen molar-refractivity contribution in [1.29, 1.82) is 0 Å². The second kappa shape index (κ2) is 5.27. The molecule has 0 saturated heterocycles. The first-order chi connectivity index (χ1) is 8.60. The lowest BCUT2D eigenvalue weighted by molar-refractivity contribution is 0.0991. The van der Waals surface area contributed by atoms with Crippen LogP contribution in [0.1, 0.15) is 21.1 Å². The first-order valence-electron chi connectivity index (χ1n) is 5.38. The number of rotatable bonds is 4. The summed E-state index contributed by atoms with van der Waals surface area (Å²) in [6.07, 6.45) is 0.191. The minimum absolute atomic E-state index is 0.135. The molecule has 0 N–H and O–H groups in total. The molecule has 2 rings (SSSR count). The Kier molecular flexibility index (Phi) is 3.72. The number of aryl methyl sites for hydroxylation is 1. The normalized spacial score (nSPS) is 10.4. The van der Waals surface area contributed by atoms with Gasteiger partial charge in [0, 0.05) is 10.9 Å². The second-order valence-corrected chi connectivity index (χ2v) is 4.87. The summed E-state index contributed by atoms with van der Waals surface area (Å²) in [6.45, 7) is 1.88. The molecule has 0 aliphatic rings. The maximum Gasteiger partial charge on any atom is 0.168 e. The Bertz CT molecular complexity index is 580. The zero-order valence-electron chi connectivity index (χ0n) is 10.1. The van der Waals surface area contributed by atoms with E-state index in [4.69, 9.17) is 4.74 Å². The fraction of sp³-hybridized carbons (Fsp3) is 0.231. The molecule has 0 atom stereocenters. The summed E-state index contributed by atoms with van der Waals surface area (Å²) in [5, 5.41) is 2.76. The Morgan fingerprint density at radius 3 is 2.83 bits per heavy atom. The number of ether oxygens (including phenoxy) is 1. The van der Waals surface area contributed by atoms with Crippen LogP contribution in [0.2, 0.25) is 0 Å². The molecule has 0 fully saturated rings. The molecule has 5 heteroatoms. The lowest BCUT2D eigenvalue weighted by Gasteiger charge is -2.03. The van der Waals surface area contributed by atoms with Gasteiger partial charge in [0.2, 0.25) is 0 Å². The number of methoxy groups -OCH3 is 1. The van der Waals surface area contributed by atoms with Crippen LogP contribution in [0, 0.1) is 12.7 Å². The van der Waals surface area contributed by atoms with Crippen LogP contribution >= 0.6 is 11.3 Å². The van der Waals surface area contributed by atoms with Gasteiger partial charge >= 0.3 is 0 Å². The van der Waals surface area contributed by atoms with Gasteiger partial charge in [0.05, 0.1) is 24.2 Å². The van der Waals surface area contributed by atoms with Crippen molar-refractivity contribution in [3.8, 4) is 5.75 Å². The summed E-state index contributed by atoms with van der Waals surface area (Å²) in [7, 11) is 1.39. The smallest absolute Gasteiger partial charge is 0.168 e. The molecule has 1 aromatic heterocycles. The van der Waals surface area contributed by atoms with Crippen molar-refractivity contribution in [2.24, 2.45) is 0 Å². The van der Waals surface area contributed by atoms with E-state index >= 15 is 0 Å². The van der Waals surface area contributed by atoms with Gasteiger partial charge in [-0.05, 0) is 25.1 Å². The van der Waals surface area contributed by atoms with Crippen molar-refractivity contribution in [1.82, 2.24) is 4.98 Å². The van der Waals surface area contributed by atoms with Crippen LogP contribution in [0.4, 0.5) is 4.39 Å². The Labute approximate surface area is 108 Å². The quantitative estimate of drug-likeness (QED) is 0.798. The van der Waals surface area contributed by atoms with Crippen LogP contribution < -0.4 is 4.74 Å². The van der Waals surface area contributed by atoms with Crippen molar-refractivity contribution < 1.29 is 13.9 Å². The Morgan fingerprint density at radius 2 is 2.28 bits per heavy atom. The molecule has 0 amide bonds. The summed E-state index contributed by atoms with van der Waals surface area (Å²) in [5.74, 6) is -0.546. The highest BCUT2D eigenvalue weighted by Crippen LogP contribution is 2.19. The summed E-state index contributed by atoms with van der Waals surface area (Å²) in [6, 6.07) is 4.21. The highest BCUT2D eigenvalue weighted by molar-refractivity contribution is 7.09. The zero-order chi connectivity index (χ0) is 13.1. The third-order valence-corrected chi connectivity index (χ3v) is 3.30. The van der Waals surface area contributed by atoms with E-state index in [2.05, 4.69) is 4.98 Å². The van der Waals surface area contributed by atoms with E-state index in [1.54, 1.807) is 6.07 Å². The molecule has 0 radical (unpaired) electrons. The number of carbonyl (C=O) groups excluding carboxylic acids is 1. The van der Waals surface area contributed by atoms with Crippen molar-refractivity contribution in [2.75, 3.05) is 7.11 Å². The van der Waals surface area contributed by atoms with Gasteiger partial charge in [0.1, 0.15) is 0 Å². The fourth-order valence-electron chi connectivity index (χ4n) is 1.60. The lowest BCUT2D eigenvalue weighted by Crippen LogP contribution is -2.04. The molecule has 0 unspecified atom stereocenters. The molecule has 94 valence electrons. The summed E-state index contributed by atoms with van der Waals surface area (Å²) >= 11 is 1.49.